The van der Waals surface area contributed by atoms with Gasteiger partial charge in [0.05, 0.1) is 12.7 Å². The van der Waals surface area contributed by atoms with E-state index in [1.807, 2.05) is 6.92 Å². The van der Waals surface area contributed by atoms with E-state index in [9.17, 15) is 5.11 Å². The number of aliphatic hydroxyl groups excluding tert-OH is 1. The van der Waals surface area contributed by atoms with E-state index in [0.717, 1.165) is 29.7 Å². The Balaban J connectivity index is 2.59. The van der Waals surface area contributed by atoms with E-state index in [1.165, 1.54) is 5.56 Å². The molecule has 0 bridgehead atoms. The summed E-state index contributed by atoms with van der Waals surface area (Å²) in [6, 6.07) is 4.21. The molecule has 1 aliphatic heterocycles. The van der Waals surface area contributed by atoms with Crippen LogP contribution in [0.4, 0.5) is 0 Å². The smallest absolute Gasteiger partial charge is 0.128 e. The zero-order chi connectivity index (χ0) is 11.7. The van der Waals surface area contributed by atoms with Crippen molar-refractivity contribution >= 4 is 0 Å². The van der Waals surface area contributed by atoms with Gasteiger partial charge in [-0.1, -0.05) is 26.0 Å². The van der Waals surface area contributed by atoms with Gasteiger partial charge in [-0.2, -0.15) is 0 Å². The molecular weight excluding hydrogens is 200 g/mol. The van der Waals surface area contributed by atoms with Gasteiger partial charge >= 0.3 is 0 Å². The van der Waals surface area contributed by atoms with Crippen molar-refractivity contribution in [1.29, 1.82) is 0 Å². The molecule has 2 rings (SSSR count). The lowest BCUT2D eigenvalue weighted by Crippen LogP contribution is -2.05. The summed E-state index contributed by atoms with van der Waals surface area (Å²) in [4.78, 5) is 0. The predicted molar refractivity (Wildman–Crippen MR) is 65.0 cm³/mol. The van der Waals surface area contributed by atoms with Crippen molar-refractivity contribution in [2.45, 2.75) is 45.6 Å². The average molecular weight is 220 g/mol. The summed E-state index contributed by atoms with van der Waals surface area (Å²) >= 11 is 0. The number of hydrogen-bond donors (Lipinski definition) is 1. The molecule has 0 spiro atoms. The Hall–Kier alpha value is -1.02. The molecular formula is C14H20O2. The molecule has 88 valence electrons. The Labute approximate surface area is 97.3 Å². The summed E-state index contributed by atoms with van der Waals surface area (Å²) in [6.45, 7) is 7.07. The van der Waals surface area contributed by atoms with E-state index in [2.05, 4.69) is 26.0 Å². The maximum Gasteiger partial charge on any atom is 0.128 e. The predicted octanol–water partition coefficient (Wildman–Crippen LogP) is 3.32. The Morgan fingerprint density at radius 2 is 2.12 bits per heavy atom. The Morgan fingerprint density at radius 1 is 1.38 bits per heavy atom. The number of hydrogen-bond acceptors (Lipinski definition) is 2. The first-order valence-electron chi connectivity index (χ1n) is 6.05. The number of fused-ring (bicyclic) bond motifs is 1. The molecule has 0 fully saturated rings. The summed E-state index contributed by atoms with van der Waals surface area (Å²) in [6.07, 6.45) is 1.36. The fourth-order valence-electron chi connectivity index (χ4n) is 2.36. The van der Waals surface area contributed by atoms with Crippen LogP contribution in [-0.2, 0) is 0 Å². The largest absolute Gasteiger partial charge is 0.493 e. The van der Waals surface area contributed by atoms with E-state index in [0.29, 0.717) is 12.5 Å². The molecule has 2 nitrogen and oxygen atoms in total. The monoisotopic (exact) mass is 220 g/mol. The van der Waals surface area contributed by atoms with E-state index in [1.54, 1.807) is 0 Å². The third-order valence-corrected chi connectivity index (χ3v) is 3.25. The van der Waals surface area contributed by atoms with Gasteiger partial charge in [-0.05, 0) is 36.8 Å². The molecule has 1 aliphatic rings. The van der Waals surface area contributed by atoms with Crippen molar-refractivity contribution in [1.82, 2.24) is 0 Å². The lowest BCUT2D eigenvalue weighted by molar-refractivity contribution is 0.166. The van der Waals surface area contributed by atoms with Crippen LogP contribution >= 0.6 is 0 Å². The number of benzene rings is 1. The summed E-state index contributed by atoms with van der Waals surface area (Å²) in [5.41, 5.74) is 3.36. The van der Waals surface area contributed by atoms with Gasteiger partial charge in [-0.15, -0.1) is 0 Å². The number of ether oxygens (including phenoxy) is 1. The fourth-order valence-corrected chi connectivity index (χ4v) is 2.36. The fraction of sp³-hybridized carbons (Fsp3) is 0.571. The second kappa shape index (κ2) is 4.46. The quantitative estimate of drug-likeness (QED) is 0.786. The van der Waals surface area contributed by atoms with Crippen LogP contribution in [0, 0.1) is 6.92 Å². The summed E-state index contributed by atoms with van der Waals surface area (Å²) in [7, 11) is 0. The van der Waals surface area contributed by atoms with Crippen LogP contribution in [0.15, 0.2) is 12.1 Å². The summed E-state index contributed by atoms with van der Waals surface area (Å²) in [5, 5.41) is 10.2. The van der Waals surface area contributed by atoms with Gasteiger partial charge in [-0.25, -0.2) is 0 Å². The summed E-state index contributed by atoms with van der Waals surface area (Å²) < 4.78 is 5.78. The van der Waals surface area contributed by atoms with Crippen LogP contribution < -0.4 is 4.74 Å². The van der Waals surface area contributed by atoms with Gasteiger partial charge in [0, 0.05) is 5.56 Å². The maximum atomic E-state index is 10.2. The Kier molecular flexibility index (Phi) is 3.20. The molecule has 1 atom stereocenters. The lowest BCUT2D eigenvalue weighted by Gasteiger charge is -2.20. The third-order valence-electron chi connectivity index (χ3n) is 3.25. The molecule has 1 N–H and O–H groups in total. The van der Waals surface area contributed by atoms with E-state index >= 15 is 0 Å². The molecule has 0 radical (unpaired) electrons. The van der Waals surface area contributed by atoms with Gasteiger partial charge in [0.15, 0.2) is 0 Å². The second-order valence-corrected chi connectivity index (χ2v) is 4.88. The van der Waals surface area contributed by atoms with Gasteiger partial charge in [0.25, 0.3) is 0 Å². The van der Waals surface area contributed by atoms with Gasteiger partial charge in [0.1, 0.15) is 5.75 Å². The second-order valence-electron chi connectivity index (χ2n) is 4.88. The van der Waals surface area contributed by atoms with Crippen LogP contribution in [0.1, 0.15) is 55.4 Å². The van der Waals surface area contributed by atoms with Crippen molar-refractivity contribution in [3.8, 4) is 5.75 Å². The first kappa shape index (κ1) is 11.5. The zero-order valence-electron chi connectivity index (χ0n) is 10.3. The van der Waals surface area contributed by atoms with Crippen molar-refractivity contribution in [2.75, 3.05) is 6.61 Å². The normalized spacial score (nSPS) is 20.2. The van der Waals surface area contributed by atoms with Gasteiger partial charge in [0.2, 0.25) is 0 Å². The number of rotatable bonds is 1. The molecule has 1 heterocycles. The molecule has 16 heavy (non-hydrogen) atoms. The number of aliphatic hydroxyl groups is 1. The number of aryl methyl sites for hydroxylation is 1. The minimum absolute atomic E-state index is 0.366. The van der Waals surface area contributed by atoms with Gasteiger partial charge in [-0.3, -0.25) is 0 Å². The highest BCUT2D eigenvalue weighted by Gasteiger charge is 2.23. The average Bonchev–Trinajstić information content (AvgIpc) is 2.42. The first-order chi connectivity index (χ1) is 7.61. The van der Waals surface area contributed by atoms with Crippen LogP contribution in [0.3, 0.4) is 0 Å². The third kappa shape index (κ3) is 1.94. The molecule has 1 aromatic rings. The van der Waals surface area contributed by atoms with E-state index in [-0.39, 0.29) is 6.10 Å². The highest BCUT2D eigenvalue weighted by molar-refractivity contribution is 5.48. The minimum atomic E-state index is -0.366. The SMILES string of the molecule is Cc1ccc(C(C)C)c2c1OCCC[C@@H]2O. The standard InChI is InChI=1S/C14H20O2/c1-9(2)11-7-6-10(3)14-13(11)12(15)5-4-8-16-14/h6-7,9,12,15H,4-5,8H2,1-3H3/t12-/m0/s1. The zero-order valence-corrected chi connectivity index (χ0v) is 10.3. The van der Waals surface area contributed by atoms with Gasteiger partial charge < -0.3 is 9.84 Å². The van der Waals surface area contributed by atoms with Crippen molar-refractivity contribution in [2.24, 2.45) is 0 Å². The lowest BCUT2D eigenvalue weighted by atomic mass is 9.90. The minimum Gasteiger partial charge on any atom is -0.493 e. The topological polar surface area (TPSA) is 29.5 Å². The van der Waals surface area contributed by atoms with E-state index < -0.39 is 0 Å². The van der Waals surface area contributed by atoms with E-state index in [4.69, 9.17) is 4.74 Å². The molecule has 0 unspecified atom stereocenters. The van der Waals surface area contributed by atoms with Crippen LogP contribution in [0.5, 0.6) is 5.75 Å². The molecule has 0 amide bonds. The molecule has 1 aromatic carbocycles. The van der Waals surface area contributed by atoms with Crippen LogP contribution in [-0.4, -0.2) is 11.7 Å². The molecule has 0 saturated heterocycles. The first-order valence-corrected chi connectivity index (χ1v) is 6.05. The molecule has 0 saturated carbocycles. The van der Waals surface area contributed by atoms with Crippen LogP contribution in [0.2, 0.25) is 0 Å². The summed E-state index contributed by atoms with van der Waals surface area (Å²) in [5.74, 6) is 1.34. The maximum absolute atomic E-state index is 10.2. The van der Waals surface area contributed by atoms with Crippen molar-refractivity contribution in [3.63, 3.8) is 0 Å². The molecule has 0 aliphatic carbocycles. The highest BCUT2D eigenvalue weighted by atomic mass is 16.5. The van der Waals surface area contributed by atoms with Crippen molar-refractivity contribution in [3.05, 3.63) is 28.8 Å². The van der Waals surface area contributed by atoms with Crippen molar-refractivity contribution < 1.29 is 9.84 Å². The Bertz CT molecular complexity index is 383. The molecule has 2 heteroatoms. The Morgan fingerprint density at radius 3 is 2.81 bits per heavy atom. The van der Waals surface area contributed by atoms with Crippen LogP contribution in [0.25, 0.3) is 0 Å². The molecule has 0 aromatic heterocycles. The highest BCUT2D eigenvalue weighted by Crippen LogP contribution is 2.39.